The molecule has 2 unspecified atom stereocenters. The number of aliphatic hydroxyl groups is 1. The molecule has 1 N–H and O–H groups in total. The van der Waals surface area contributed by atoms with E-state index in [1.807, 2.05) is 5.82 Å². The van der Waals surface area contributed by atoms with Gasteiger partial charge in [0, 0.05) is 0 Å². The molecular formula is C7H14O3Se. The van der Waals surface area contributed by atoms with Crippen molar-refractivity contribution < 1.29 is 14.6 Å². The Labute approximate surface area is 73.3 Å². The van der Waals surface area contributed by atoms with E-state index in [0.717, 1.165) is 0 Å². The fourth-order valence-corrected chi connectivity index (χ4v) is 2.09. The SMILES string of the molecule is CCOC(=O)C([Se]C)C(C)O. The molecule has 0 aliphatic carbocycles. The van der Waals surface area contributed by atoms with Crippen molar-refractivity contribution in [3.8, 4) is 0 Å². The Hall–Kier alpha value is -0.0505. The molecule has 0 aromatic heterocycles. The van der Waals surface area contributed by atoms with Crippen LogP contribution in [0.2, 0.25) is 10.6 Å². The van der Waals surface area contributed by atoms with Crippen LogP contribution in [0, 0.1) is 0 Å². The average Bonchev–Trinajstić information content (AvgIpc) is 1.88. The number of carbonyl (C=O) groups is 1. The first kappa shape index (κ1) is 10.9. The summed E-state index contributed by atoms with van der Waals surface area (Å²) in [5.41, 5.74) is 0. The Kier molecular flexibility index (Phi) is 5.56. The van der Waals surface area contributed by atoms with Crippen LogP contribution in [0.5, 0.6) is 0 Å². The van der Waals surface area contributed by atoms with E-state index < -0.39 is 6.10 Å². The molecule has 0 aliphatic rings. The molecule has 3 nitrogen and oxygen atoms in total. The second-order valence-electron chi connectivity index (χ2n) is 2.15. The summed E-state index contributed by atoms with van der Waals surface area (Å²) in [6.07, 6.45) is -0.584. The first-order valence-corrected chi connectivity index (χ1v) is 6.21. The fraction of sp³-hybridized carbons (Fsp3) is 0.857. The van der Waals surface area contributed by atoms with E-state index in [1.165, 1.54) is 0 Å². The predicted molar refractivity (Wildman–Crippen MR) is 43.7 cm³/mol. The Morgan fingerprint density at radius 3 is 2.55 bits per heavy atom. The molecule has 0 aromatic carbocycles. The normalized spacial score (nSPS) is 15.6. The molecule has 2 atom stereocenters. The second kappa shape index (κ2) is 5.58. The van der Waals surface area contributed by atoms with Crippen LogP contribution in [0.25, 0.3) is 0 Å². The molecule has 11 heavy (non-hydrogen) atoms. The molecule has 0 rings (SSSR count). The van der Waals surface area contributed by atoms with Gasteiger partial charge in [0.25, 0.3) is 0 Å². The van der Waals surface area contributed by atoms with Gasteiger partial charge in [0.15, 0.2) is 0 Å². The van der Waals surface area contributed by atoms with Gasteiger partial charge in [-0.25, -0.2) is 0 Å². The van der Waals surface area contributed by atoms with Crippen LogP contribution in [0.1, 0.15) is 13.8 Å². The van der Waals surface area contributed by atoms with Crippen LogP contribution >= 0.6 is 0 Å². The number of carbonyl (C=O) groups excluding carboxylic acids is 1. The van der Waals surface area contributed by atoms with Gasteiger partial charge in [-0.3, -0.25) is 0 Å². The van der Waals surface area contributed by atoms with Gasteiger partial charge in [0.2, 0.25) is 0 Å². The Bertz CT molecular complexity index is 125. The Morgan fingerprint density at radius 1 is 1.73 bits per heavy atom. The van der Waals surface area contributed by atoms with Crippen molar-refractivity contribution in [2.75, 3.05) is 6.61 Å². The maximum absolute atomic E-state index is 11.0. The molecule has 0 amide bonds. The molecule has 4 heteroatoms. The summed E-state index contributed by atoms with van der Waals surface area (Å²) in [5, 5.41) is 9.12. The Balaban J connectivity index is 3.92. The van der Waals surface area contributed by atoms with Crippen LogP contribution in [-0.4, -0.2) is 38.7 Å². The number of ether oxygens (including phenoxy) is 1. The summed E-state index contributed by atoms with van der Waals surface area (Å²) in [5.74, 6) is 1.64. The summed E-state index contributed by atoms with van der Waals surface area (Å²) in [7, 11) is 0. The average molecular weight is 225 g/mol. The molecule has 0 radical (unpaired) electrons. The van der Waals surface area contributed by atoms with Crippen molar-refractivity contribution in [2.45, 2.75) is 30.6 Å². The van der Waals surface area contributed by atoms with E-state index in [0.29, 0.717) is 6.61 Å². The molecule has 66 valence electrons. The molecule has 0 aromatic rings. The third-order valence-corrected chi connectivity index (χ3v) is 3.51. The number of aliphatic hydroxyl groups excluding tert-OH is 1. The van der Waals surface area contributed by atoms with Gasteiger partial charge in [0.05, 0.1) is 0 Å². The second-order valence-corrected chi connectivity index (χ2v) is 4.20. The van der Waals surface area contributed by atoms with Crippen LogP contribution < -0.4 is 0 Å². The number of hydrogen-bond acceptors (Lipinski definition) is 3. The van der Waals surface area contributed by atoms with Crippen molar-refractivity contribution in [3.05, 3.63) is 0 Å². The van der Waals surface area contributed by atoms with E-state index in [9.17, 15) is 4.79 Å². The minimum absolute atomic E-state index is 0.112. The van der Waals surface area contributed by atoms with Gasteiger partial charge in [-0.15, -0.1) is 0 Å². The van der Waals surface area contributed by atoms with Crippen LogP contribution in [-0.2, 0) is 9.53 Å². The van der Waals surface area contributed by atoms with Gasteiger partial charge < -0.3 is 0 Å². The van der Waals surface area contributed by atoms with Crippen molar-refractivity contribution in [1.82, 2.24) is 0 Å². The van der Waals surface area contributed by atoms with Crippen LogP contribution in [0.4, 0.5) is 0 Å². The monoisotopic (exact) mass is 226 g/mol. The van der Waals surface area contributed by atoms with E-state index in [4.69, 9.17) is 9.84 Å². The minimum atomic E-state index is -0.584. The summed E-state index contributed by atoms with van der Waals surface area (Å²) in [6, 6.07) is 0. The first-order valence-electron chi connectivity index (χ1n) is 3.51. The topological polar surface area (TPSA) is 46.5 Å². The third-order valence-electron chi connectivity index (χ3n) is 1.21. The van der Waals surface area contributed by atoms with E-state index in [2.05, 4.69) is 0 Å². The summed E-state index contributed by atoms with van der Waals surface area (Å²) in [6.45, 7) is 3.77. The van der Waals surface area contributed by atoms with Gasteiger partial charge in [-0.1, -0.05) is 0 Å². The zero-order chi connectivity index (χ0) is 8.85. The molecule has 0 saturated heterocycles. The van der Waals surface area contributed by atoms with Gasteiger partial charge >= 0.3 is 72.8 Å². The first-order chi connectivity index (χ1) is 5.13. The zero-order valence-corrected chi connectivity index (χ0v) is 8.75. The fourth-order valence-electron chi connectivity index (χ4n) is 0.714. The summed E-state index contributed by atoms with van der Waals surface area (Å²) in [4.78, 5) is 10.7. The predicted octanol–water partition coefficient (Wildman–Crippen LogP) is 0.471. The molecular weight excluding hydrogens is 211 g/mol. The molecule has 0 fully saturated rings. The van der Waals surface area contributed by atoms with Crippen LogP contribution in [0.3, 0.4) is 0 Å². The van der Waals surface area contributed by atoms with Crippen molar-refractivity contribution >= 4 is 20.9 Å². The molecule has 0 spiro atoms. The molecule has 0 bridgehead atoms. The molecule has 0 saturated carbocycles. The Morgan fingerprint density at radius 2 is 2.27 bits per heavy atom. The molecule has 0 aliphatic heterocycles. The van der Waals surface area contributed by atoms with Gasteiger partial charge in [-0.05, 0) is 0 Å². The standard InChI is InChI=1S/C7H14O3Se/c1-4-10-7(9)6(11-3)5(2)8/h5-6,8H,4H2,1-3H3. The zero-order valence-electron chi connectivity index (χ0n) is 7.03. The third kappa shape index (κ3) is 3.75. The quantitative estimate of drug-likeness (QED) is 0.559. The van der Waals surface area contributed by atoms with Gasteiger partial charge in [-0.2, -0.15) is 0 Å². The van der Waals surface area contributed by atoms with E-state index in [1.54, 1.807) is 13.8 Å². The van der Waals surface area contributed by atoms with Crippen molar-refractivity contribution in [1.29, 1.82) is 0 Å². The number of hydrogen-bond donors (Lipinski definition) is 1. The van der Waals surface area contributed by atoms with Crippen molar-refractivity contribution in [3.63, 3.8) is 0 Å². The number of rotatable bonds is 4. The van der Waals surface area contributed by atoms with E-state index >= 15 is 0 Å². The van der Waals surface area contributed by atoms with Crippen LogP contribution in [0.15, 0.2) is 0 Å². The molecule has 0 heterocycles. The van der Waals surface area contributed by atoms with Crippen molar-refractivity contribution in [2.24, 2.45) is 0 Å². The maximum atomic E-state index is 11.0. The van der Waals surface area contributed by atoms with E-state index in [-0.39, 0.29) is 25.7 Å². The summed E-state index contributed by atoms with van der Waals surface area (Å²) >= 11 is 0.112. The van der Waals surface area contributed by atoms with Gasteiger partial charge in [0.1, 0.15) is 0 Å². The summed E-state index contributed by atoms with van der Waals surface area (Å²) < 4.78 is 4.77. The number of esters is 1.